The van der Waals surface area contributed by atoms with E-state index in [4.69, 9.17) is 19.6 Å². The van der Waals surface area contributed by atoms with Gasteiger partial charge >= 0.3 is 12.1 Å². The molecule has 1 aromatic carbocycles. The molecule has 1 saturated heterocycles. The van der Waals surface area contributed by atoms with Crippen LogP contribution in [0, 0.1) is 11.3 Å². The Morgan fingerprint density at radius 3 is 2.46 bits per heavy atom. The molecule has 1 fully saturated rings. The SMILES string of the molecule is CCOCCN(c1cccc2cc(-c3ncc(CN4CCC(C(C)(C)C)CC4)s3)[nH]c12)S(=O)(=O)c1cccs1.O=C(O)C(F)(F)F. The predicted octanol–water partition coefficient (Wildman–Crippen LogP) is 7.48. The van der Waals surface area contributed by atoms with E-state index in [0.717, 1.165) is 47.2 Å². The van der Waals surface area contributed by atoms with Crippen molar-refractivity contribution in [1.29, 1.82) is 0 Å². The average Bonchev–Trinajstić information content (AvgIpc) is 3.76. The number of ether oxygens (including phenoxy) is 1. The van der Waals surface area contributed by atoms with Gasteiger partial charge in [0.2, 0.25) is 0 Å². The zero-order valence-corrected chi connectivity index (χ0v) is 28.6. The summed E-state index contributed by atoms with van der Waals surface area (Å²) in [6.45, 7) is 13.2. The number of carbonyl (C=O) groups is 1. The van der Waals surface area contributed by atoms with E-state index >= 15 is 0 Å². The van der Waals surface area contributed by atoms with Crippen LogP contribution in [0.15, 0.2) is 52.2 Å². The number of halogens is 3. The molecule has 1 aliphatic heterocycles. The molecule has 0 spiro atoms. The van der Waals surface area contributed by atoms with Crippen LogP contribution in [0.3, 0.4) is 0 Å². The first kappa shape index (κ1) is 35.9. The van der Waals surface area contributed by atoms with E-state index in [1.54, 1.807) is 28.8 Å². The van der Waals surface area contributed by atoms with Crippen molar-refractivity contribution in [1.82, 2.24) is 14.9 Å². The largest absolute Gasteiger partial charge is 0.490 e. The summed E-state index contributed by atoms with van der Waals surface area (Å²) in [6, 6.07) is 11.2. The Bertz CT molecular complexity index is 1690. The fourth-order valence-corrected chi connectivity index (χ4v) is 8.82. The number of benzene rings is 1. The van der Waals surface area contributed by atoms with Crippen molar-refractivity contribution >= 4 is 55.3 Å². The first-order chi connectivity index (χ1) is 21.6. The highest BCUT2D eigenvalue weighted by atomic mass is 32.2. The van der Waals surface area contributed by atoms with Crippen molar-refractivity contribution in [2.24, 2.45) is 11.3 Å². The molecule has 3 aromatic heterocycles. The lowest BCUT2D eigenvalue weighted by Gasteiger charge is -2.38. The molecule has 4 aromatic rings. The number of hydrogen-bond acceptors (Lipinski definition) is 8. The van der Waals surface area contributed by atoms with Crippen LogP contribution in [0.1, 0.15) is 45.4 Å². The number of likely N-dealkylation sites (tertiary alicyclic amines) is 1. The molecule has 0 atom stereocenters. The van der Waals surface area contributed by atoms with Gasteiger partial charge in [0.05, 0.1) is 30.0 Å². The number of rotatable bonds is 10. The molecule has 5 rings (SSSR count). The zero-order valence-electron chi connectivity index (χ0n) is 26.1. The lowest BCUT2D eigenvalue weighted by Crippen LogP contribution is -2.37. The minimum absolute atomic E-state index is 0.231. The maximum Gasteiger partial charge on any atom is 0.490 e. The third kappa shape index (κ3) is 8.88. The minimum Gasteiger partial charge on any atom is -0.475 e. The number of thiophene rings is 1. The van der Waals surface area contributed by atoms with Gasteiger partial charge in [-0.1, -0.05) is 39.0 Å². The number of fused-ring (bicyclic) bond motifs is 1. The lowest BCUT2D eigenvalue weighted by molar-refractivity contribution is -0.192. The average molecular weight is 701 g/mol. The van der Waals surface area contributed by atoms with E-state index in [0.29, 0.717) is 28.5 Å². The normalized spacial score (nSPS) is 15.1. The van der Waals surface area contributed by atoms with Crippen LogP contribution in [0.25, 0.3) is 21.6 Å². The molecule has 9 nitrogen and oxygen atoms in total. The Balaban J connectivity index is 0.000000617. The van der Waals surface area contributed by atoms with Crippen molar-refractivity contribution in [3.05, 3.63) is 52.9 Å². The molecule has 2 N–H and O–H groups in total. The van der Waals surface area contributed by atoms with Crippen LogP contribution in [0.5, 0.6) is 0 Å². The minimum atomic E-state index is -5.08. The highest BCUT2D eigenvalue weighted by molar-refractivity contribution is 7.94. The number of aromatic amines is 1. The number of carboxylic acids is 1. The third-order valence-electron chi connectivity index (χ3n) is 7.80. The Hall–Kier alpha value is -2.98. The first-order valence-electron chi connectivity index (χ1n) is 14.8. The van der Waals surface area contributed by atoms with Crippen LogP contribution in [-0.2, 0) is 26.1 Å². The smallest absolute Gasteiger partial charge is 0.475 e. The summed E-state index contributed by atoms with van der Waals surface area (Å²) < 4.78 is 66.3. The number of piperidine rings is 1. The van der Waals surface area contributed by atoms with Crippen molar-refractivity contribution in [2.75, 3.05) is 37.2 Å². The summed E-state index contributed by atoms with van der Waals surface area (Å²) in [4.78, 5) is 20.9. The number of H-pyrrole nitrogens is 1. The van der Waals surface area contributed by atoms with E-state index in [1.165, 1.54) is 33.4 Å². The summed E-state index contributed by atoms with van der Waals surface area (Å²) in [5.74, 6) is -1.98. The number of thiazole rings is 1. The van der Waals surface area contributed by atoms with Gasteiger partial charge < -0.3 is 14.8 Å². The Labute approximate surface area is 275 Å². The standard InChI is InChI=1S/C29H38N4O3S3.C2HF3O2/c1-5-36-16-15-33(39(34,35)26-10-7-17-37-26)25-9-6-8-21-18-24(31-27(21)25)28-30-19-23(38-28)20-32-13-11-22(12-14-32)29(2,3)4;3-2(4,5)1(6)7/h6-10,17-19,22,31H,5,11-16,20H2,1-4H3;(H,6,7). The number of carboxylic acid groups (broad SMARTS) is 1. The van der Waals surface area contributed by atoms with E-state index in [9.17, 15) is 21.6 Å². The Morgan fingerprint density at radius 1 is 1.17 bits per heavy atom. The molecule has 4 heterocycles. The molecule has 252 valence electrons. The molecule has 0 amide bonds. The van der Waals surface area contributed by atoms with Crippen molar-refractivity contribution in [3.63, 3.8) is 0 Å². The summed E-state index contributed by atoms with van der Waals surface area (Å²) in [5, 5.41) is 10.8. The monoisotopic (exact) mass is 700 g/mol. The molecule has 15 heteroatoms. The second-order valence-electron chi connectivity index (χ2n) is 12.0. The van der Waals surface area contributed by atoms with Gasteiger partial charge in [0.15, 0.2) is 0 Å². The number of nitrogens with zero attached hydrogens (tertiary/aromatic N) is 3. The highest BCUT2D eigenvalue weighted by Crippen LogP contribution is 2.37. The number of hydrogen-bond donors (Lipinski definition) is 2. The number of aliphatic carboxylic acids is 1. The number of alkyl halides is 3. The van der Waals surface area contributed by atoms with Gasteiger partial charge in [-0.3, -0.25) is 9.21 Å². The summed E-state index contributed by atoms with van der Waals surface area (Å²) in [6.07, 6.45) is -0.611. The van der Waals surface area contributed by atoms with E-state index in [2.05, 4.69) is 36.7 Å². The number of para-hydroxylation sites is 1. The van der Waals surface area contributed by atoms with Gasteiger partial charge in [-0.15, -0.1) is 22.7 Å². The number of anilines is 1. The molecule has 46 heavy (non-hydrogen) atoms. The van der Waals surface area contributed by atoms with Gasteiger partial charge in [0.1, 0.15) is 9.22 Å². The van der Waals surface area contributed by atoms with Crippen molar-refractivity contribution in [2.45, 2.75) is 57.5 Å². The molecule has 0 saturated carbocycles. The van der Waals surface area contributed by atoms with Crippen LogP contribution in [-0.4, -0.2) is 73.4 Å². The second kappa shape index (κ2) is 14.8. The summed E-state index contributed by atoms with van der Waals surface area (Å²) >= 11 is 2.93. The van der Waals surface area contributed by atoms with Crippen molar-refractivity contribution < 1.29 is 36.2 Å². The number of nitrogens with one attached hydrogen (secondary N) is 1. The van der Waals surface area contributed by atoms with Crippen molar-refractivity contribution in [3.8, 4) is 10.7 Å². The van der Waals surface area contributed by atoms with Gasteiger partial charge in [-0.05, 0) is 67.8 Å². The quantitative estimate of drug-likeness (QED) is 0.165. The summed E-state index contributed by atoms with van der Waals surface area (Å²) in [5.41, 5.74) is 2.67. The van der Waals surface area contributed by atoms with E-state index in [-0.39, 0.29) is 6.54 Å². The third-order valence-corrected chi connectivity index (χ3v) is 12.0. The maximum absolute atomic E-state index is 13.6. The maximum atomic E-state index is 13.6. The fraction of sp³-hybridized carbons (Fsp3) is 0.484. The second-order valence-corrected chi connectivity index (χ2v) is 16.1. The van der Waals surface area contributed by atoms with Crippen LogP contribution in [0.2, 0.25) is 0 Å². The first-order valence-corrected chi connectivity index (χ1v) is 18.0. The molecule has 0 unspecified atom stereocenters. The number of sulfonamides is 1. The zero-order chi connectivity index (χ0) is 33.7. The van der Waals surface area contributed by atoms with E-state index < -0.39 is 22.2 Å². The topological polar surface area (TPSA) is 116 Å². The molecular weight excluding hydrogens is 662 g/mol. The number of aromatic nitrogens is 2. The predicted molar refractivity (Wildman–Crippen MR) is 176 cm³/mol. The lowest BCUT2D eigenvalue weighted by atomic mass is 9.75. The van der Waals surface area contributed by atoms with Crippen LogP contribution in [0.4, 0.5) is 18.9 Å². The Morgan fingerprint density at radius 2 is 1.87 bits per heavy atom. The van der Waals surface area contributed by atoms with E-state index in [1.807, 2.05) is 31.3 Å². The molecule has 0 bridgehead atoms. The molecule has 1 aliphatic rings. The van der Waals surface area contributed by atoms with Crippen LogP contribution >= 0.6 is 22.7 Å². The van der Waals surface area contributed by atoms with Gasteiger partial charge in [-0.2, -0.15) is 13.2 Å². The summed E-state index contributed by atoms with van der Waals surface area (Å²) in [7, 11) is -3.73. The Kier molecular flexibility index (Phi) is 11.6. The van der Waals surface area contributed by atoms with Crippen LogP contribution < -0.4 is 4.31 Å². The van der Waals surface area contributed by atoms with Gasteiger partial charge in [0, 0.05) is 29.6 Å². The molecular formula is C31H39F3N4O5S3. The highest BCUT2D eigenvalue weighted by Gasteiger charge is 2.38. The van der Waals surface area contributed by atoms with Gasteiger partial charge in [0.25, 0.3) is 10.0 Å². The molecule has 0 aliphatic carbocycles. The van der Waals surface area contributed by atoms with Gasteiger partial charge in [-0.25, -0.2) is 18.2 Å². The molecule has 0 radical (unpaired) electrons. The fourth-order valence-electron chi connectivity index (χ4n) is 5.33.